The van der Waals surface area contributed by atoms with Crippen molar-refractivity contribution in [1.82, 2.24) is 5.32 Å². The third kappa shape index (κ3) is 5.07. The molecule has 0 bridgehead atoms. The van der Waals surface area contributed by atoms with Gasteiger partial charge >= 0.3 is 0 Å². The second-order valence-corrected chi connectivity index (χ2v) is 10.1. The van der Waals surface area contributed by atoms with E-state index >= 15 is 0 Å². The number of benzene rings is 2. The highest BCUT2D eigenvalue weighted by atomic mass is 35.5. The summed E-state index contributed by atoms with van der Waals surface area (Å²) in [5.41, 5.74) is -0.288. The van der Waals surface area contributed by atoms with Crippen LogP contribution < -0.4 is 9.62 Å². The molecule has 1 aliphatic rings. The molecule has 2 aromatic carbocycles. The Bertz CT molecular complexity index is 1010. The Kier molecular flexibility index (Phi) is 7.26. The summed E-state index contributed by atoms with van der Waals surface area (Å²) in [6.07, 6.45) is 4.82. The van der Waals surface area contributed by atoms with Gasteiger partial charge in [-0.1, -0.05) is 42.5 Å². The molecular weight excluding hydrogens is 450 g/mol. The highest BCUT2D eigenvalue weighted by Crippen LogP contribution is 2.31. The average molecular weight is 473 g/mol. The maximum Gasteiger partial charge on any atom is 0.265 e. The van der Waals surface area contributed by atoms with E-state index in [1.165, 1.54) is 43.3 Å². The number of nitrogens with zero attached hydrogens (tertiary/aromatic N) is 1. The summed E-state index contributed by atoms with van der Waals surface area (Å²) in [6.45, 7) is 1.44. The normalized spacial score (nSPS) is 16.1. The Morgan fingerprint density at radius 1 is 1.07 bits per heavy atom. The zero-order valence-corrected chi connectivity index (χ0v) is 18.8. The third-order valence-corrected chi connectivity index (χ3v) is 7.58. The summed E-state index contributed by atoms with van der Waals surface area (Å²) in [4.78, 5) is 12.9. The standard InChI is InChI=1S/C21H23Cl2FN2O3S/c1-14(21(27)25-17-5-3-2-4-6-17)26(20-13-16(23)9-12-19(20)24)30(28,29)18-10-7-15(22)8-11-18/h7-14,17H,2-6H2,1H3,(H,25,27). The van der Waals surface area contributed by atoms with Crippen molar-refractivity contribution in [1.29, 1.82) is 0 Å². The largest absolute Gasteiger partial charge is 0.352 e. The number of carbonyl (C=O) groups is 1. The van der Waals surface area contributed by atoms with Crippen LogP contribution in [0.5, 0.6) is 0 Å². The van der Waals surface area contributed by atoms with Crippen LogP contribution in [0.25, 0.3) is 0 Å². The van der Waals surface area contributed by atoms with Crippen molar-refractivity contribution < 1.29 is 17.6 Å². The molecule has 0 radical (unpaired) electrons. The summed E-state index contributed by atoms with van der Waals surface area (Å²) in [6, 6.07) is 7.88. The smallest absolute Gasteiger partial charge is 0.265 e. The van der Waals surface area contributed by atoms with Crippen molar-refractivity contribution in [2.24, 2.45) is 0 Å². The van der Waals surface area contributed by atoms with Crippen LogP contribution in [0.2, 0.25) is 10.0 Å². The van der Waals surface area contributed by atoms with Crippen molar-refractivity contribution in [2.75, 3.05) is 4.31 Å². The van der Waals surface area contributed by atoms with E-state index in [4.69, 9.17) is 23.2 Å². The zero-order chi connectivity index (χ0) is 21.9. The van der Waals surface area contributed by atoms with Gasteiger partial charge in [-0.3, -0.25) is 9.10 Å². The lowest BCUT2D eigenvalue weighted by molar-refractivity contribution is -0.122. The van der Waals surface area contributed by atoms with Gasteiger partial charge in [0.25, 0.3) is 10.0 Å². The molecule has 5 nitrogen and oxygen atoms in total. The highest BCUT2D eigenvalue weighted by Gasteiger charge is 2.36. The number of carbonyl (C=O) groups excluding carboxylic acids is 1. The minimum Gasteiger partial charge on any atom is -0.352 e. The summed E-state index contributed by atoms with van der Waals surface area (Å²) in [5.74, 6) is -1.28. The number of rotatable bonds is 6. The topological polar surface area (TPSA) is 66.5 Å². The van der Waals surface area contributed by atoms with E-state index in [1.807, 2.05) is 0 Å². The van der Waals surface area contributed by atoms with Crippen molar-refractivity contribution in [3.05, 3.63) is 58.3 Å². The lowest BCUT2D eigenvalue weighted by Gasteiger charge is -2.32. The average Bonchev–Trinajstić information content (AvgIpc) is 2.71. The maximum atomic E-state index is 14.7. The van der Waals surface area contributed by atoms with E-state index in [0.717, 1.165) is 42.5 Å². The van der Waals surface area contributed by atoms with Crippen LogP contribution in [-0.2, 0) is 14.8 Å². The Balaban J connectivity index is 2.01. The summed E-state index contributed by atoms with van der Waals surface area (Å²) < 4.78 is 42.4. The van der Waals surface area contributed by atoms with Crippen LogP contribution in [0.3, 0.4) is 0 Å². The number of amides is 1. The molecule has 3 rings (SSSR count). The van der Waals surface area contributed by atoms with E-state index in [0.29, 0.717) is 5.02 Å². The monoisotopic (exact) mass is 472 g/mol. The molecule has 1 atom stereocenters. The second-order valence-electron chi connectivity index (χ2n) is 7.37. The predicted molar refractivity (Wildman–Crippen MR) is 117 cm³/mol. The Hall–Kier alpha value is -1.83. The first-order valence-corrected chi connectivity index (χ1v) is 11.9. The van der Waals surface area contributed by atoms with Crippen molar-refractivity contribution in [3.8, 4) is 0 Å². The van der Waals surface area contributed by atoms with Crippen LogP contribution in [0, 0.1) is 5.82 Å². The lowest BCUT2D eigenvalue weighted by atomic mass is 9.95. The van der Waals surface area contributed by atoms with Crippen LogP contribution in [0.15, 0.2) is 47.4 Å². The lowest BCUT2D eigenvalue weighted by Crippen LogP contribution is -2.51. The quantitative estimate of drug-likeness (QED) is 0.630. The van der Waals surface area contributed by atoms with Crippen LogP contribution in [0.1, 0.15) is 39.0 Å². The van der Waals surface area contributed by atoms with Crippen LogP contribution in [0.4, 0.5) is 10.1 Å². The molecule has 0 aromatic heterocycles. The van der Waals surface area contributed by atoms with Crippen molar-refractivity contribution in [3.63, 3.8) is 0 Å². The van der Waals surface area contributed by atoms with Gasteiger partial charge in [-0.25, -0.2) is 12.8 Å². The van der Waals surface area contributed by atoms with Gasteiger partial charge in [-0.15, -0.1) is 0 Å². The minimum atomic E-state index is -4.28. The molecule has 1 N–H and O–H groups in total. The fraction of sp³-hybridized carbons (Fsp3) is 0.381. The van der Waals surface area contributed by atoms with E-state index in [9.17, 15) is 17.6 Å². The van der Waals surface area contributed by atoms with E-state index in [-0.39, 0.29) is 21.6 Å². The Morgan fingerprint density at radius 3 is 2.30 bits per heavy atom. The molecule has 1 fully saturated rings. The van der Waals surface area contributed by atoms with Crippen LogP contribution >= 0.6 is 23.2 Å². The number of sulfonamides is 1. The van der Waals surface area contributed by atoms with Gasteiger partial charge in [-0.2, -0.15) is 0 Å². The molecule has 0 saturated heterocycles. The SMILES string of the molecule is CC(C(=O)NC1CCCCC1)N(c1cc(Cl)ccc1F)S(=O)(=O)c1ccc(Cl)cc1. The number of hydrogen-bond donors (Lipinski definition) is 1. The van der Waals surface area contributed by atoms with Gasteiger partial charge < -0.3 is 5.32 Å². The molecule has 1 unspecified atom stereocenters. The first-order valence-electron chi connectivity index (χ1n) is 9.75. The molecule has 9 heteroatoms. The van der Waals surface area contributed by atoms with Gasteiger partial charge in [-0.05, 0) is 62.2 Å². The molecule has 30 heavy (non-hydrogen) atoms. The van der Waals surface area contributed by atoms with Gasteiger partial charge in [0.1, 0.15) is 11.9 Å². The van der Waals surface area contributed by atoms with Gasteiger partial charge in [0.05, 0.1) is 10.6 Å². The molecule has 162 valence electrons. The number of anilines is 1. The van der Waals surface area contributed by atoms with Crippen LogP contribution in [-0.4, -0.2) is 26.4 Å². The van der Waals surface area contributed by atoms with E-state index in [1.54, 1.807) is 0 Å². The predicted octanol–water partition coefficient (Wildman–Crippen LogP) is 5.17. The van der Waals surface area contributed by atoms with Crippen molar-refractivity contribution in [2.45, 2.75) is 56.0 Å². The number of nitrogens with one attached hydrogen (secondary N) is 1. The van der Waals surface area contributed by atoms with Crippen molar-refractivity contribution >= 4 is 44.8 Å². The fourth-order valence-electron chi connectivity index (χ4n) is 3.60. The zero-order valence-electron chi connectivity index (χ0n) is 16.4. The fourth-order valence-corrected chi connectivity index (χ4v) is 5.51. The summed E-state index contributed by atoms with van der Waals surface area (Å²) in [7, 11) is -4.28. The molecule has 0 heterocycles. The van der Waals surface area contributed by atoms with Gasteiger partial charge in [0, 0.05) is 16.1 Å². The second kappa shape index (κ2) is 9.54. The van der Waals surface area contributed by atoms with E-state index < -0.39 is 27.8 Å². The molecular formula is C21H23Cl2FN2O3S. The first kappa shape index (κ1) is 22.8. The number of hydrogen-bond acceptors (Lipinski definition) is 3. The molecule has 0 aliphatic heterocycles. The maximum absolute atomic E-state index is 14.7. The molecule has 1 saturated carbocycles. The molecule has 1 amide bonds. The number of halogens is 3. The van der Waals surface area contributed by atoms with E-state index in [2.05, 4.69) is 5.32 Å². The van der Waals surface area contributed by atoms with Gasteiger partial charge in [0.2, 0.25) is 5.91 Å². The highest BCUT2D eigenvalue weighted by molar-refractivity contribution is 7.93. The Labute approximate surface area is 186 Å². The molecule has 0 spiro atoms. The summed E-state index contributed by atoms with van der Waals surface area (Å²) in [5, 5.41) is 3.43. The first-order chi connectivity index (χ1) is 14.2. The molecule has 1 aliphatic carbocycles. The van der Waals surface area contributed by atoms with Gasteiger partial charge in [0.15, 0.2) is 0 Å². The Morgan fingerprint density at radius 2 is 1.67 bits per heavy atom. The molecule has 2 aromatic rings. The summed E-state index contributed by atoms with van der Waals surface area (Å²) >= 11 is 11.9. The minimum absolute atomic E-state index is 0.0157. The third-order valence-electron chi connectivity index (χ3n) is 5.20.